The first-order valence-corrected chi connectivity index (χ1v) is 7.80. The molecule has 0 bridgehead atoms. The van der Waals surface area contributed by atoms with E-state index in [-0.39, 0.29) is 5.91 Å². The van der Waals surface area contributed by atoms with Crippen molar-refractivity contribution >= 4 is 11.9 Å². The fraction of sp³-hybridized carbons (Fsp3) is 0.500. The molecular weight excluding hydrogens is 280 g/mol. The Morgan fingerprint density at radius 3 is 2.41 bits per heavy atom. The molecule has 0 radical (unpaired) electrons. The molecule has 3 amide bonds. The summed E-state index contributed by atoms with van der Waals surface area (Å²) in [5, 5.41) is 3.35. The standard InChI is InChI=1S/C16H22N4O2/c17-16(22)20-9-7-19(8-10-20)15(21)14-4-2-1-3-13(14)12-5-6-18-11-12/h1-4,12,18H,5-11H2,(H2,17,22)/t12-/m0/s1. The van der Waals surface area contributed by atoms with E-state index < -0.39 is 6.03 Å². The number of piperazine rings is 1. The van der Waals surface area contributed by atoms with Gasteiger partial charge >= 0.3 is 6.03 Å². The monoisotopic (exact) mass is 302 g/mol. The van der Waals surface area contributed by atoms with Crippen molar-refractivity contribution in [2.24, 2.45) is 5.73 Å². The molecule has 0 aliphatic carbocycles. The summed E-state index contributed by atoms with van der Waals surface area (Å²) in [6.07, 6.45) is 1.07. The Morgan fingerprint density at radius 2 is 1.77 bits per heavy atom. The van der Waals surface area contributed by atoms with Crippen molar-refractivity contribution in [1.82, 2.24) is 15.1 Å². The Bertz CT molecular complexity index is 561. The smallest absolute Gasteiger partial charge is 0.314 e. The zero-order valence-corrected chi connectivity index (χ0v) is 12.6. The van der Waals surface area contributed by atoms with Crippen LogP contribution in [0.25, 0.3) is 0 Å². The third kappa shape index (κ3) is 2.92. The van der Waals surface area contributed by atoms with Crippen LogP contribution in [0.5, 0.6) is 0 Å². The summed E-state index contributed by atoms with van der Waals surface area (Å²) in [5.74, 6) is 0.471. The van der Waals surface area contributed by atoms with Gasteiger partial charge in [-0.15, -0.1) is 0 Å². The van der Waals surface area contributed by atoms with Gasteiger partial charge in [0.25, 0.3) is 5.91 Å². The van der Waals surface area contributed by atoms with E-state index in [1.54, 1.807) is 4.90 Å². The maximum absolute atomic E-state index is 12.8. The molecule has 22 heavy (non-hydrogen) atoms. The predicted octanol–water partition coefficient (Wildman–Crippen LogP) is 0.600. The van der Waals surface area contributed by atoms with Crippen LogP contribution in [-0.2, 0) is 0 Å². The first-order valence-electron chi connectivity index (χ1n) is 7.80. The van der Waals surface area contributed by atoms with Crippen molar-refractivity contribution in [3.05, 3.63) is 35.4 Å². The minimum Gasteiger partial charge on any atom is -0.351 e. The van der Waals surface area contributed by atoms with Gasteiger partial charge in [-0.25, -0.2) is 4.79 Å². The molecule has 0 saturated carbocycles. The van der Waals surface area contributed by atoms with Gasteiger partial charge in [-0.3, -0.25) is 4.79 Å². The number of benzene rings is 1. The number of hydrogen-bond donors (Lipinski definition) is 2. The number of urea groups is 1. The molecule has 2 heterocycles. The third-order valence-corrected chi connectivity index (χ3v) is 4.57. The van der Waals surface area contributed by atoms with Crippen molar-refractivity contribution < 1.29 is 9.59 Å². The van der Waals surface area contributed by atoms with Crippen LogP contribution in [-0.4, -0.2) is 61.0 Å². The van der Waals surface area contributed by atoms with Crippen molar-refractivity contribution in [3.8, 4) is 0 Å². The maximum atomic E-state index is 12.8. The highest BCUT2D eigenvalue weighted by molar-refractivity contribution is 5.96. The van der Waals surface area contributed by atoms with Crippen molar-refractivity contribution in [2.45, 2.75) is 12.3 Å². The van der Waals surface area contributed by atoms with Crippen LogP contribution in [0.1, 0.15) is 28.3 Å². The number of rotatable bonds is 2. The molecule has 1 aromatic carbocycles. The molecule has 0 spiro atoms. The van der Waals surface area contributed by atoms with Crippen LogP contribution < -0.4 is 11.1 Å². The fourth-order valence-corrected chi connectivity index (χ4v) is 3.27. The Kier molecular flexibility index (Phi) is 4.29. The lowest BCUT2D eigenvalue weighted by Crippen LogP contribution is -2.52. The highest BCUT2D eigenvalue weighted by Gasteiger charge is 2.27. The second-order valence-corrected chi connectivity index (χ2v) is 5.89. The van der Waals surface area contributed by atoms with E-state index in [9.17, 15) is 9.59 Å². The second kappa shape index (κ2) is 6.36. The summed E-state index contributed by atoms with van der Waals surface area (Å²) in [5.41, 5.74) is 7.21. The van der Waals surface area contributed by atoms with E-state index in [2.05, 4.69) is 11.4 Å². The second-order valence-electron chi connectivity index (χ2n) is 5.89. The summed E-state index contributed by atoms with van der Waals surface area (Å²) >= 11 is 0. The lowest BCUT2D eigenvalue weighted by molar-refractivity contribution is 0.0668. The summed E-state index contributed by atoms with van der Waals surface area (Å²) in [7, 11) is 0. The zero-order valence-electron chi connectivity index (χ0n) is 12.6. The van der Waals surface area contributed by atoms with Crippen molar-refractivity contribution in [2.75, 3.05) is 39.3 Å². The van der Waals surface area contributed by atoms with Gasteiger partial charge in [0.15, 0.2) is 0 Å². The number of nitrogens with one attached hydrogen (secondary N) is 1. The van der Waals surface area contributed by atoms with Crippen LogP contribution in [0.15, 0.2) is 24.3 Å². The topological polar surface area (TPSA) is 78.7 Å². The summed E-state index contributed by atoms with van der Waals surface area (Å²) < 4.78 is 0. The normalized spacial score (nSPS) is 21.9. The van der Waals surface area contributed by atoms with E-state index in [4.69, 9.17) is 5.73 Å². The van der Waals surface area contributed by atoms with Crippen LogP contribution in [0.4, 0.5) is 4.79 Å². The first-order chi connectivity index (χ1) is 10.7. The zero-order chi connectivity index (χ0) is 15.5. The summed E-state index contributed by atoms with van der Waals surface area (Å²) in [6.45, 7) is 4.03. The fourth-order valence-electron chi connectivity index (χ4n) is 3.27. The number of hydrogen-bond acceptors (Lipinski definition) is 3. The van der Waals surface area contributed by atoms with Crippen LogP contribution in [0.3, 0.4) is 0 Å². The van der Waals surface area contributed by atoms with E-state index in [1.807, 2.05) is 23.1 Å². The summed E-state index contributed by atoms with van der Waals surface area (Å²) in [4.78, 5) is 27.4. The SMILES string of the molecule is NC(=O)N1CCN(C(=O)c2ccccc2[C@H]2CCNC2)CC1. The molecule has 2 fully saturated rings. The molecule has 2 aliphatic rings. The quantitative estimate of drug-likeness (QED) is 0.840. The van der Waals surface area contributed by atoms with Gasteiger partial charge in [0, 0.05) is 38.3 Å². The molecule has 1 aromatic rings. The summed E-state index contributed by atoms with van der Waals surface area (Å²) in [6, 6.07) is 7.47. The largest absolute Gasteiger partial charge is 0.351 e. The van der Waals surface area contributed by atoms with E-state index in [0.29, 0.717) is 32.1 Å². The lowest BCUT2D eigenvalue weighted by Gasteiger charge is -2.34. The van der Waals surface area contributed by atoms with E-state index in [0.717, 1.165) is 30.6 Å². The molecule has 6 heteroatoms. The molecule has 3 rings (SSSR count). The van der Waals surface area contributed by atoms with Crippen LogP contribution in [0, 0.1) is 0 Å². The van der Waals surface area contributed by atoms with Gasteiger partial charge in [-0.1, -0.05) is 18.2 Å². The molecule has 1 atom stereocenters. The Labute approximate surface area is 130 Å². The van der Waals surface area contributed by atoms with Crippen LogP contribution >= 0.6 is 0 Å². The first kappa shape index (κ1) is 14.8. The van der Waals surface area contributed by atoms with E-state index >= 15 is 0 Å². The number of carbonyl (C=O) groups excluding carboxylic acids is 2. The molecule has 2 saturated heterocycles. The molecular formula is C16H22N4O2. The van der Waals surface area contributed by atoms with Crippen LogP contribution in [0.2, 0.25) is 0 Å². The molecule has 6 nitrogen and oxygen atoms in total. The lowest BCUT2D eigenvalue weighted by atomic mass is 9.93. The number of carbonyl (C=O) groups is 2. The Morgan fingerprint density at radius 1 is 1.09 bits per heavy atom. The Balaban J connectivity index is 1.74. The van der Waals surface area contributed by atoms with Gasteiger partial charge in [0.05, 0.1) is 0 Å². The predicted molar refractivity (Wildman–Crippen MR) is 83.7 cm³/mol. The van der Waals surface area contributed by atoms with Gasteiger partial charge in [-0.05, 0) is 30.5 Å². The number of nitrogens with two attached hydrogens (primary N) is 1. The highest BCUT2D eigenvalue weighted by atomic mass is 16.2. The molecule has 3 N–H and O–H groups in total. The third-order valence-electron chi connectivity index (χ3n) is 4.57. The molecule has 0 unspecified atom stereocenters. The van der Waals surface area contributed by atoms with E-state index in [1.165, 1.54) is 0 Å². The number of nitrogens with zero attached hydrogens (tertiary/aromatic N) is 2. The van der Waals surface area contributed by atoms with Gasteiger partial charge in [0.1, 0.15) is 0 Å². The van der Waals surface area contributed by atoms with Crippen molar-refractivity contribution in [3.63, 3.8) is 0 Å². The minimum atomic E-state index is -0.412. The Hall–Kier alpha value is -2.08. The van der Waals surface area contributed by atoms with Gasteiger partial charge in [0.2, 0.25) is 0 Å². The average molecular weight is 302 g/mol. The minimum absolute atomic E-state index is 0.0617. The molecule has 118 valence electrons. The van der Waals surface area contributed by atoms with Gasteiger partial charge in [-0.2, -0.15) is 0 Å². The molecule has 0 aromatic heterocycles. The number of amides is 3. The number of primary amides is 1. The maximum Gasteiger partial charge on any atom is 0.314 e. The molecule has 2 aliphatic heterocycles. The average Bonchev–Trinajstić information content (AvgIpc) is 3.08. The van der Waals surface area contributed by atoms with Gasteiger partial charge < -0.3 is 20.9 Å². The highest BCUT2D eigenvalue weighted by Crippen LogP contribution is 2.26. The van der Waals surface area contributed by atoms with Crippen molar-refractivity contribution in [1.29, 1.82) is 0 Å².